The van der Waals surface area contributed by atoms with Crippen molar-refractivity contribution in [3.63, 3.8) is 0 Å². The van der Waals surface area contributed by atoms with E-state index in [2.05, 4.69) is 15.4 Å². The Balaban J connectivity index is 1.32. The molecule has 8 nitrogen and oxygen atoms in total. The smallest absolute Gasteiger partial charge is 0.286 e. The Morgan fingerprint density at radius 2 is 2.11 bits per heavy atom. The molecular weight excluding hydrogens is 498 g/mol. The molecule has 1 aromatic heterocycles. The Labute approximate surface area is 218 Å². The van der Waals surface area contributed by atoms with Gasteiger partial charge in [0.2, 0.25) is 0 Å². The number of nitrogens with one attached hydrogen (secondary N) is 1. The molecule has 0 spiro atoms. The third-order valence-electron chi connectivity index (χ3n) is 6.40. The van der Waals surface area contributed by atoms with Gasteiger partial charge in [-0.05, 0) is 66.6 Å². The van der Waals surface area contributed by atoms with Crippen LogP contribution in [0.15, 0.2) is 52.5 Å². The number of halogens is 1. The van der Waals surface area contributed by atoms with Crippen LogP contribution < -0.4 is 5.32 Å². The molecule has 188 valence electrons. The molecule has 2 aromatic carbocycles. The first kappa shape index (κ1) is 25.0. The van der Waals surface area contributed by atoms with Crippen LogP contribution >= 0.6 is 23.4 Å². The fraction of sp³-hybridized carbons (Fsp3) is 0.346. The number of piperazine rings is 1. The van der Waals surface area contributed by atoms with E-state index in [4.69, 9.17) is 11.6 Å². The standard InChI is InChI=1S/C26H28ClN5O3S/c1-26(2,35)19-5-4-17(21(27)11-19)13-32-22-6-3-16(9-18(22)12-29-32)10-23-24(34)30-25(36-23)31-8-7-28-20(14-31)15-33/h3-6,9-12,20,28,33,35H,7-8,13-15H2,1-2H3/b23-10+. The van der Waals surface area contributed by atoms with Crippen LogP contribution in [0, 0.1) is 0 Å². The lowest BCUT2D eigenvalue weighted by Gasteiger charge is -2.33. The molecule has 1 atom stereocenters. The summed E-state index contributed by atoms with van der Waals surface area (Å²) in [6.07, 6.45) is 3.66. The summed E-state index contributed by atoms with van der Waals surface area (Å²) in [7, 11) is 0. The molecule has 1 amide bonds. The molecule has 10 heteroatoms. The third-order valence-corrected chi connectivity index (χ3v) is 7.80. The topological polar surface area (TPSA) is 103 Å². The van der Waals surface area contributed by atoms with Crippen LogP contribution in [0.4, 0.5) is 0 Å². The minimum absolute atomic E-state index is 0.0153. The number of aliphatic hydroxyl groups excluding tert-OH is 1. The summed E-state index contributed by atoms with van der Waals surface area (Å²) in [6, 6.07) is 11.5. The predicted molar refractivity (Wildman–Crippen MR) is 144 cm³/mol. The molecule has 2 aliphatic rings. The van der Waals surface area contributed by atoms with Gasteiger partial charge in [0.05, 0.1) is 35.4 Å². The molecular formula is C26H28ClN5O3S. The molecule has 0 saturated carbocycles. The number of carbonyl (C=O) groups is 1. The van der Waals surface area contributed by atoms with Crippen molar-refractivity contribution < 1.29 is 15.0 Å². The zero-order chi connectivity index (χ0) is 25.4. The Morgan fingerprint density at radius 3 is 2.86 bits per heavy atom. The fourth-order valence-electron chi connectivity index (χ4n) is 4.34. The highest BCUT2D eigenvalue weighted by Crippen LogP contribution is 2.32. The summed E-state index contributed by atoms with van der Waals surface area (Å²) in [4.78, 5) is 19.4. The van der Waals surface area contributed by atoms with Gasteiger partial charge in [-0.2, -0.15) is 10.1 Å². The van der Waals surface area contributed by atoms with Crippen LogP contribution in [-0.2, 0) is 16.9 Å². The van der Waals surface area contributed by atoms with Gasteiger partial charge < -0.3 is 20.4 Å². The number of amidine groups is 1. The SMILES string of the molecule is CC(C)(O)c1ccc(Cn2ncc3cc(/C=C4/SC(N5CCNC(CO)C5)=NC4=O)ccc32)c(Cl)c1. The summed E-state index contributed by atoms with van der Waals surface area (Å²) in [5.41, 5.74) is 2.57. The minimum atomic E-state index is -0.955. The van der Waals surface area contributed by atoms with Crippen molar-refractivity contribution in [2.24, 2.45) is 4.99 Å². The first-order valence-electron chi connectivity index (χ1n) is 11.8. The van der Waals surface area contributed by atoms with Crippen molar-refractivity contribution in [1.82, 2.24) is 20.0 Å². The van der Waals surface area contributed by atoms with E-state index in [0.29, 0.717) is 28.2 Å². The highest BCUT2D eigenvalue weighted by Gasteiger charge is 2.29. The summed E-state index contributed by atoms with van der Waals surface area (Å²) >= 11 is 7.87. The Bertz CT molecular complexity index is 1380. The maximum atomic E-state index is 12.6. The number of nitrogens with zero attached hydrogens (tertiary/aromatic N) is 4. The number of aliphatic hydroxyl groups is 2. The number of aliphatic imine (C=N–C) groups is 1. The van der Waals surface area contributed by atoms with Crippen LogP contribution in [0.2, 0.25) is 5.02 Å². The molecule has 0 radical (unpaired) electrons. The zero-order valence-electron chi connectivity index (χ0n) is 20.1. The first-order chi connectivity index (χ1) is 17.2. The van der Waals surface area contributed by atoms with Gasteiger partial charge in [0.25, 0.3) is 5.91 Å². The fourth-order valence-corrected chi connectivity index (χ4v) is 5.53. The number of thioether (sulfide) groups is 1. The Hall–Kier alpha value is -2.69. The maximum absolute atomic E-state index is 12.6. The average Bonchev–Trinajstić information content (AvgIpc) is 3.42. The lowest BCUT2D eigenvalue weighted by Crippen LogP contribution is -2.53. The number of hydrogen-bond acceptors (Lipinski definition) is 7. The Morgan fingerprint density at radius 1 is 1.28 bits per heavy atom. The molecule has 3 heterocycles. The number of hydrogen-bond donors (Lipinski definition) is 3. The molecule has 0 bridgehead atoms. The zero-order valence-corrected chi connectivity index (χ0v) is 21.7. The van der Waals surface area contributed by atoms with E-state index in [1.165, 1.54) is 11.8 Å². The first-order valence-corrected chi connectivity index (χ1v) is 13.0. The number of benzene rings is 2. The van der Waals surface area contributed by atoms with E-state index in [1.807, 2.05) is 46.0 Å². The average molecular weight is 526 g/mol. The number of fused-ring (bicyclic) bond motifs is 1. The van der Waals surface area contributed by atoms with Gasteiger partial charge in [-0.25, -0.2) is 0 Å². The van der Waals surface area contributed by atoms with Crippen molar-refractivity contribution in [3.8, 4) is 0 Å². The number of amides is 1. The second-order valence-corrected chi connectivity index (χ2v) is 11.0. The normalized spacial score (nSPS) is 20.0. The van der Waals surface area contributed by atoms with Crippen molar-refractivity contribution in [2.75, 3.05) is 26.2 Å². The highest BCUT2D eigenvalue weighted by molar-refractivity contribution is 8.18. The van der Waals surface area contributed by atoms with Gasteiger partial charge in [0.15, 0.2) is 5.17 Å². The van der Waals surface area contributed by atoms with Crippen molar-refractivity contribution in [1.29, 1.82) is 0 Å². The second kappa shape index (κ2) is 9.99. The second-order valence-electron chi connectivity index (χ2n) is 9.58. The van der Waals surface area contributed by atoms with Gasteiger partial charge in [-0.15, -0.1) is 0 Å². The Kier molecular flexibility index (Phi) is 6.93. The molecule has 3 N–H and O–H groups in total. The van der Waals surface area contributed by atoms with Crippen LogP contribution in [0.5, 0.6) is 0 Å². The molecule has 1 fully saturated rings. The van der Waals surface area contributed by atoms with Gasteiger partial charge in [-0.1, -0.05) is 29.8 Å². The maximum Gasteiger partial charge on any atom is 0.286 e. The highest BCUT2D eigenvalue weighted by atomic mass is 35.5. The van der Waals surface area contributed by atoms with E-state index in [0.717, 1.165) is 40.7 Å². The summed E-state index contributed by atoms with van der Waals surface area (Å²) < 4.78 is 1.88. The van der Waals surface area contributed by atoms with E-state index in [9.17, 15) is 15.0 Å². The van der Waals surface area contributed by atoms with Gasteiger partial charge in [-0.3, -0.25) is 9.48 Å². The quantitative estimate of drug-likeness (QED) is 0.439. The molecule has 1 saturated heterocycles. The molecule has 1 unspecified atom stereocenters. The largest absolute Gasteiger partial charge is 0.395 e. The van der Waals surface area contributed by atoms with Crippen molar-refractivity contribution >= 4 is 51.4 Å². The van der Waals surface area contributed by atoms with Gasteiger partial charge in [0.1, 0.15) is 0 Å². The summed E-state index contributed by atoms with van der Waals surface area (Å²) in [5, 5.41) is 29.7. The van der Waals surface area contributed by atoms with Crippen LogP contribution in [0.25, 0.3) is 17.0 Å². The van der Waals surface area contributed by atoms with Crippen molar-refractivity contribution in [2.45, 2.75) is 32.0 Å². The van der Waals surface area contributed by atoms with Crippen LogP contribution in [-0.4, -0.2) is 68.3 Å². The van der Waals surface area contributed by atoms with E-state index < -0.39 is 5.60 Å². The minimum Gasteiger partial charge on any atom is -0.395 e. The molecule has 3 aromatic rings. The third kappa shape index (κ3) is 5.21. The molecule has 5 rings (SSSR count). The van der Waals surface area contributed by atoms with Gasteiger partial charge >= 0.3 is 0 Å². The van der Waals surface area contributed by atoms with E-state index >= 15 is 0 Å². The molecule has 36 heavy (non-hydrogen) atoms. The van der Waals surface area contributed by atoms with Crippen LogP contribution in [0.1, 0.15) is 30.5 Å². The number of carbonyl (C=O) groups excluding carboxylic acids is 1. The molecule has 0 aliphatic carbocycles. The summed E-state index contributed by atoms with van der Waals surface area (Å²) in [5.74, 6) is -0.242. The lowest BCUT2D eigenvalue weighted by atomic mass is 9.97. The predicted octanol–water partition coefficient (Wildman–Crippen LogP) is 3.20. The van der Waals surface area contributed by atoms with E-state index in [-0.39, 0.29) is 18.6 Å². The molecule has 2 aliphatic heterocycles. The number of rotatable bonds is 5. The summed E-state index contributed by atoms with van der Waals surface area (Å²) in [6.45, 7) is 6.13. The lowest BCUT2D eigenvalue weighted by molar-refractivity contribution is -0.113. The van der Waals surface area contributed by atoms with Crippen molar-refractivity contribution in [3.05, 3.63) is 69.2 Å². The van der Waals surface area contributed by atoms with E-state index in [1.54, 1.807) is 26.1 Å². The van der Waals surface area contributed by atoms with Gasteiger partial charge in [0, 0.05) is 36.1 Å². The monoisotopic (exact) mass is 525 g/mol. The van der Waals surface area contributed by atoms with Crippen LogP contribution in [0.3, 0.4) is 0 Å². The number of aromatic nitrogens is 2.